The van der Waals surface area contributed by atoms with Crippen LogP contribution in [0.1, 0.15) is 66.2 Å². The molecule has 1 saturated carbocycles. The molecule has 0 radical (unpaired) electrons. The van der Waals surface area contributed by atoms with Crippen molar-refractivity contribution in [3.63, 3.8) is 0 Å². The summed E-state index contributed by atoms with van der Waals surface area (Å²) >= 11 is 0. The van der Waals surface area contributed by atoms with Crippen molar-refractivity contribution >= 4 is 0 Å². The van der Waals surface area contributed by atoms with Crippen LogP contribution in [-0.2, 0) is 0 Å². The van der Waals surface area contributed by atoms with Crippen molar-refractivity contribution in [2.75, 3.05) is 0 Å². The van der Waals surface area contributed by atoms with Crippen molar-refractivity contribution in [2.24, 2.45) is 11.8 Å². The van der Waals surface area contributed by atoms with Crippen molar-refractivity contribution < 1.29 is 0 Å². The first-order valence-electron chi connectivity index (χ1n) is 6.91. The van der Waals surface area contributed by atoms with E-state index in [1.54, 1.807) is 0 Å². The van der Waals surface area contributed by atoms with Gasteiger partial charge in [0.2, 0.25) is 0 Å². The Morgan fingerprint density at radius 2 is 1.67 bits per heavy atom. The maximum absolute atomic E-state index is 3.87. The normalized spacial score (nSPS) is 34.0. The van der Waals surface area contributed by atoms with Gasteiger partial charge in [0.05, 0.1) is 0 Å². The zero-order chi connectivity index (χ0) is 11.3. The first-order chi connectivity index (χ1) is 7.15. The second kappa shape index (κ2) is 6.52. The molecule has 1 heteroatoms. The van der Waals surface area contributed by atoms with E-state index in [0.717, 1.165) is 23.9 Å². The third-order valence-corrected chi connectivity index (χ3v) is 3.78. The van der Waals surface area contributed by atoms with E-state index in [9.17, 15) is 0 Å². The molecule has 15 heavy (non-hydrogen) atoms. The van der Waals surface area contributed by atoms with Gasteiger partial charge >= 0.3 is 0 Å². The van der Waals surface area contributed by atoms with Crippen molar-refractivity contribution in [3.8, 4) is 0 Å². The van der Waals surface area contributed by atoms with Crippen LogP contribution < -0.4 is 5.32 Å². The molecule has 0 heterocycles. The largest absolute Gasteiger partial charge is 0.311 e. The summed E-state index contributed by atoms with van der Waals surface area (Å²) in [4.78, 5) is 0. The molecule has 3 unspecified atom stereocenters. The molecule has 0 saturated heterocycles. The second-order valence-electron chi connectivity index (χ2n) is 5.67. The van der Waals surface area contributed by atoms with Crippen LogP contribution in [0.2, 0.25) is 0 Å². The summed E-state index contributed by atoms with van der Waals surface area (Å²) < 4.78 is 0. The summed E-state index contributed by atoms with van der Waals surface area (Å²) in [7, 11) is 0. The molecular weight excluding hydrogens is 182 g/mol. The van der Waals surface area contributed by atoms with Gasteiger partial charge in [0.1, 0.15) is 0 Å². The molecule has 1 nitrogen and oxygen atoms in total. The van der Waals surface area contributed by atoms with Gasteiger partial charge in [0, 0.05) is 12.1 Å². The van der Waals surface area contributed by atoms with Crippen LogP contribution in [0.3, 0.4) is 0 Å². The summed E-state index contributed by atoms with van der Waals surface area (Å²) in [6.45, 7) is 9.41. The van der Waals surface area contributed by atoms with Gasteiger partial charge in [0.15, 0.2) is 0 Å². The highest BCUT2D eigenvalue weighted by atomic mass is 14.9. The molecule has 0 aromatic carbocycles. The highest BCUT2D eigenvalue weighted by Crippen LogP contribution is 2.29. The Kier molecular flexibility index (Phi) is 5.66. The second-order valence-corrected chi connectivity index (χ2v) is 5.67. The predicted octanol–water partition coefficient (Wildman–Crippen LogP) is 3.98. The van der Waals surface area contributed by atoms with Crippen LogP contribution in [0.15, 0.2) is 0 Å². The van der Waals surface area contributed by atoms with Crippen LogP contribution in [-0.4, -0.2) is 12.1 Å². The minimum atomic E-state index is 0.762. The number of nitrogens with one attached hydrogen (secondary N) is 1. The zero-order valence-electron chi connectivity index (χ0n) is 11.1. The number of hydrogen-bond acceptors (Lipinski definition) is 1. The Balaban J connectivity index is 2.35. The van der Waals surface area contributed by atoms with Gasteiger partial charge < -0.3 is 5.32 Å². The minimum Gasteiger partial charge on any atom is -0.311 e. The smallest absolute Gasteiger partial charge is 0.00747 e. The average molecular weight is 211 g/mol. The van der Waals surface area contributed by atoms with E-state index in [1.165, 1.54) is 38.5 Å². The fourth-order valence-corrected chi connectivity index (χ4v) is 3.17. The molecule has 0 aromatic heterocycles. The number of rotatable bonds is 5. The van der Waals surface area contributed by atoms with Gasteiger partial charge in [-0.15, -0.1) is 0 Å². The van der Waals surface area contributed by atoms with E-state index in [0.29, 0.717) is 0 Å². The van der Waals surface area contributed by atoms with Gasteiger partial charge in [-0.3, -0.25) is 0 Å². The predicted molar refractivity (Wildman–Crippen MR) is 68.1 cm³/mol. The van der Waals surface area contributed by atoms with E-state index in [2.05, 4.69) is 33.0 Å². The van der Waals surface area contributed by atoms with Crippen molar-refractivity contribution in [1.29, 1.82) is 0 Å². The zero-order valence-corrected chi connectivity index (χ0v) is 11.1. The molecule has 0 spiro atoms. The van der Waals surface area contributed by atoms with Crippen molar-refractivity contribution in [2.45, 2.75) is 78.3 Å². The maximum atomic E-state index is 3.87. The molecule has 1 rings (SSSR count). The molecule has 3 atom stereocenters. The highest BCUT2D eigenvalue weighted by molar-refractivity contribution is 4.82. The highest BCUT2D eigenvalue weighted by Gasteiger charge is 2.24. The fraction of sp³-hybridized carbons (Fsp3) is 1.00. The summed E-state index contributed by atoms with van der Waals surface area (Å²) in [6, 6.07) is 1.55. The Labute approximate surface area is 96.0 Å². The minimum absolute atomic E-state index is 0.762. The Bertz CT molecular complexity index is 157. The lowest BCUT2D eigenvalue weighted by molar-refractivity contribution is 0.220. The lowest BCUT2D eigenvalue weighted by Gasteiger charge is -2.34. The molecule has 1 fully saturated rings. The van der Waals surface area contributed by atoms with Crippen LogP contribution >= 0.6 is 0 Å². The molecule has 0 aromatic rings. The van der Waals surface area contributed by atoms with E-state index >= 15 is 0 Å². The lowest BCUT2D eigenvalue weighted by atomic mass is 9.80. The van der Waals surface area contributed by atoms with E-state index in [4.69, 9.17) is 0 Å². The fourth-order valence-electron chi connectivity index (χ4n) is 3.17. The quantitative estimate of drug-likeness (QED) is 0.725. The third kappa shape index (κ3) is 4.55. The molecule has 0 aliphatic heterocycles. The van der Waals surface area contributed by atoms with Crippen LogP contribution in [0.4, 0.5) is 0 Å². The Morgan fingerprint density at radius 1 is 1.07 bits per heavy atom. The molecule has 1 aliphatic carbocycles. The molecule has 0 amide bonds. The third-order valence-electron chi connectivity index (χ3n) is 3.78. The molecule has 1 aliphatic rings. The van der Waals surface area contributed by atoms with Gasteiger partial charge in [-0.05, 0) is 43.9 Å². The van der Waals surface area contributed by atoms with E-state index in [-0.39, 0.29) is 0 Å². The van der Waals surface area contributed by atoms with Crippen LogP contribution in [0.25, 0.3) is 0 Å². The van der Waals surface area contributed by atoms with Gasteiger partial charge in [0.25, 0.3) is 0 Å². The van der Waals surface area contributed by atoms with E-state index < -0.39 is 0 Å². The van der Waals surface area contributed by atoms with E-state index in [1.807, 2.05) is 0 Å². The Hall–Kier alpha value is -0.0400. The first-order valence-corrected chi connectivity index (χ1v) is 6.91. The van der Waals surface area contributed by atoms with Crippen LogP contribution in [0, 0.1) is 11.8 Å². The molecule has 1 N–H and O–H groups in total. The molecular formula is C14H29N. The van der Waals surface area contributed by atoms with Crippen LogP contribution in [0.5, 0.6) is 0 Å². The average Bonchev–Trinajstić information content (AvgIpc) is 2.15. The summed E-state index contributed by atoms with van der Waals surface area (Å²) in [5.74, 6) is 1.84. The summed E-state index contributed by atoms with van der Waals surface area (Å²) in [6.07, 6.45) is 8.16. The van der Waals surface area contributed by atoms with Crippen molar-refractivity contribution in [3.05, 3.63) is 0 Å². The molecule has 0 bridgehead atoms. The SMILES string of the molecule is CCCC(CC)NC1CC(C)CC(C)C1. The van der Waals surface area contributed by atoms with Gasteiger partial charge in [-0.25, -0.2) is 0 Å². The van der Waals surface area contributed by atoms with Gasteiger partial charge in [-0.2, -0.15) is 0 Å². The Morgan fingerprint density at radius 3 is 2.13 bits per heavy atom. The lowest BCUT2D eigenvalue weighted by Crippen LogP contribution is -2.42. The number of hydrogen-bond donors (Lipinski definition) is 1. The monoisotopic (exact) mass is 211 g/mol. The maximum Gasteiger partial charge on any atom is 0.00747 e. The topological polar surface area (TPSA) is 12.0 Å². The summed E-state index contributed by atoms with van der Waals surface area (Å²) in [5, 5.41) is 3.87. The first kappa shape index (κ1) is 13.0. The van der Waals surface area contributed by atoms with Crippen molar-refractivity contribution in [1.82, 2.24) is 5.32 Å². The summed E-state index contributed by atoms with van der Waals surface area (Å²) in [5.41, 5.74) is 0. The molecule has 90 valence electrons. The van der Waals surface area contributed by atoms with Gasteiger partial charge in [-0.1, -0.05) is 34.1 Å². The standard InChI is InChI=1S/C14H29N/c1-5-7-13(6-2)15-14-9-11(3)8-12(4)10-14/h11-15H,5-10H2,1-4H3.